The summed E-state index contributed by atoms with van der Waals surface area (Å²) < 4.78 is 7.98. The Morgan fingerprint density at radius 2 is 1.96 bits per heavy atom. The number of carbonyl (C=O) groups excluding carboxylic acids is 1. The van der Waals surface area contributed by atoms with Gasteiger partial charge in [0.15, 0.2) is 5.58 Å². The van der Waals surface area contributed by atoms with Crippen LogP contribution in [-0.4, -0.2) is 15.3 Å². The van der Waals surface area contributed by atoms with E-state index in [1.807, 2.05) is 51.2 Å². The lowest BCUT2D eigenvalue weighted by Gasteiger charge is -2.05. The standard InChI is InChI=1S/C21H20N2O2/c1-13(2)19(24)11-14-8-9-17-15(10-14)12-18(23(17)3)21-22-16-6-4-5-7-20(16)25-21/h4-10,12-13H,11H2,1-3H3. The minimum absolute atomic E-state index is 0.0572. The number of aryl methyl sites for hydroxylation is 1. The van der Waals surface area contributed by atoms with Gasteiger partial charge in [-0.25, -0.2) is 4.98 Å². The smallest absolute Gasteiger partial charge is 0.244 e. The van der Waals surface area contributed by atoms with Crippen molar-refractivity contribution in [2.75, 3.05) is 0 Å². The molecule has 25 heavy (non-hydrogen) atoms. The molecular formula is C21H20N2O2. The van der Waals surface area contributed by atoms with E-state index in [0.717, 1.165) is 33.3 Å². The highest BCUT2D eigenvalue weighted by molar-refractivity contribution is 5.89. The van der Waals surface area contributed by atoms with Crippen molar-refractivity contribution < 1.29 is 9.21 Å². The molecule has 0 aliphatic carbocycles. The summed E-state index contributed by atoms with van der Waals surface area (Å²) in [5.41, 5.74) is 4.70. The van der Waals surface area contributed by atoms with Crippen LogP contribution in [-0.2, 0) is 18.3 Å². The third kappa shape index (κ3) is 2.74. The van der Waals surface area contributed by atoms with Gasteiger partial charge in [-0.15, -0.1) is 0 Å². The molecule has 2 aromatic carbocycles. The van der Waals surface area contributed by atoms with E-state index < -0.39 is 0 Å². The molecule has 2 aromatic heterocycles. The van der Waals surface area contributed by atoms with E-state index in [2.05, 4.69) is 27.8 Å². The first-order valence-electron chi connectivity index (χ1n) is 8.50. The maximum Gasteiger partial charge on any atom is 0.244 e. The maximum atomic E-state index is 12.0. The first-order chi connectivity index (χ1) is 12.0. The fraction of sp³-hybridized carbons (Fsp3) is 0.238. The molecule has 0 bridgehead atoms. The molecule has 4 nitrogen and oxygen atoms in total. The second-order valence-electron chi connectivity index (χ2n) is 6.77. The number of hydrogen-bond acceptors (Lipinski definition) is 3. The number of aromatic nitrogens is 2. The van der Waals surface area contributed by atoms with Crippen molar-refractivity contribution >= 4 is 27.8 Å². The molecule has 0 fully saturated rings. The summed E-state index contributed by atoms with van der Waals surface area (Å²) >= 11 is 0. The Hall–Kier alpha value is -2.88. The number of ketones is 1. The Morgan fingerprint density at radius 3 is 2.72 bits per heavy atom. The molecule has 0 aliphatic heterocycles. The third-order valence-electron chi connectivity index (χ3n) is 4.64. The van der Waals surface area contributed by atoms with Crippen LogP contribution in [0.2, 0.25) is 0 Å². The van der Waals surface area contributed by atoms with Gasteiger partial charge in [0.2, 0.25) is 5.89 Å². The largest absolute Gasteiger partial charge is 0.435 e. The van der Waals surface area contributed by atoms with Crippen LogP contribution in [0, 0.1) is 5.92 Å². The first kappa shape index (κ1) is 15.6. The van der Waals surface area contributed by atoms with Gasteiger partial charge in [0.1, 0.15) is 17.0 Å². The Morgan fingerprint density at radius 1 is 1.16 bits per heavy atom. The summed E-state index contributed by atoms with van der Waals surface area (Å²) in [4.78, 5) is 16.6. The van der Waals surface area contributed by atoms with Gasteiger partial charge in [0, 0.05) is 30.3 Å². The number of oxazole rings is 1. The van der Waals surface area contributed by atoms with Crippen LogP contribution < -0.4 is 0 Å². The van der Waals surface area contributed by atoms with E-state index in [-0.39, 0.29) is 11.7 Å². The number of nitrogens with zero attached hydrogens (tertiary/aromatic N) is 2. The second kappa shape index (κ2) is 5.88. The summed E-state index contributed by atoms with van der Waals surface area (Å²) in [6, 6.07) is 16.0. The SMILES string of the molecule is CC(C)C(=O)Cc1ccc2c(c1)cc(-c1nc3ccccc3o1)n2C. The van der Waals surface area contributed by atoms with Gasteiger partial charge in [-0.1, -0.05) is 32.0 Å². The summed E-state index contributed by atoms with van der Waals surface area (Å²) in [6.45, 7) is 3.88. The fourth-order valence-electron chi connectivity index (χ4n) is 3.10. The Kier molecular flexibility index (Phi) is 3.68. The third-order valence-corrected chi connectivity index (χ3v) is 4.64. The predicted octanol–water partition coefficient (Wildman–Crippen LogP) is 4.75. The molecule has 126 valence electrons. The van der Waals surface area contributed by atoms with Crippen molar-refractivity contribution in [3.8, 4) is 11.6 Å². The van der Waals surface area contributed by atoms with Crippen LogP contribution in [0.1, 0.15) is 19.4 Å². The lowest BCUT2D eigenvalue weighted by molar-refractivity contribution is -0.121. The molecule has 4 rings (SSSR count). The molecule has 2 heterocycles. The highest BCUT2D eigenvalue weighted by Crippen LogP contribution is 2.30. The summed E-state index contributed by atoms with van der Waals surface area (Å²) in [6.07, 6.45) is 0.473. The van der Waals surface area contributed by atoms with E-state index in [1.165, 1.54) is 0 Å². The first-order valence-corrected chi connectivity index (χ1v) is 8.50. The summed E-state index contributed by atoms with van der Waals surface area (Å²) in [5, 5.41) is 1.09. The van der Waals surface area contributed by atoms with Crippen LogP contribution in [0.4, 0.5) is 0 Å². The van der Waals surface area contributed by atoms with Crippen LogP contribution in [0.25, 0.3) is 33.6 Å². The molecule has 0 radical (unpaired) electrons. The van der Waals surface area contributed by atoms with Gasteiger partial charge in [-0.2, -0.15) is 0 Å². The number of para-hydroxylation sites is 2. The number of carbonyl (C=O) groups is 1. The average molecular weight is 332 g/mol. The highest BCUT2D eigenvalue weighted by atomic mass is 16.3. The van der Waals surface area contributed by atoms with Crippen LogP contribution in [0.3, 0.4) is 0 Å². The maximum absolute atomic E-state index is 12.0. The van der Waals surface area contributed by atoms with Crippen molar-refractivity contribution in [3.05, 3.63) is 54.1 Å². The van der Waals surface area contributed by atoms with Crippen molar-refractivity contribution in [1.29, 1.82) is 0 Å². The predicted molar refractivity (Wildman–Crippen MR) is 99.5 cm³/mol. The highest BCUT2D eigenvalue weighted by Gasteiger charge is 2.15. The number of fused-ring (bicyclic) bond motifs is 2. The molecule has 0 N–H and O–H groups in total. The summed E-state index contributed by atoms with van der Waals surface area (Å²) in [7, 11) is 2.01. The van der Waals surface area contributed by atoms with E-state index in [1.54, 1.807) is 0 Å². The lowest BCUT2D eigenvalue weighted by atomic mass is 10.0. The zero-order chi connectivity index (χ0) is 17.6. The van der Waals surface area contributed by atoms with Crippen LogP contribution in [0.15, 0.2) is 52.9 Å². The molecule has 0 unspecified atom stereocenters. The molecule has 0 saturated carbocycles. The zero-order valence-corrected chi connectivity index (χ0v) is 14.6. The van der Waals surface area contributed by atoms with E-state index in [0.29, 0.717) is 12.3 Å². The molecule has 0 atom stereocenters. The van der Waals surface area contributed by atoms with Gasteiger partial charge in [-0.05, 0) is 35.9 Å². The van der Waals surface area contributed by atoms with E-state index in [9.17, 15) is 4.79 Å². The molecule has 0 aliphatic rings. The fourth-order valence-corrected chi connectivity index (χ4v) is 3.10. The minimum Gasteiger partial charge on any atom is -0.435 e. The second-order valence-corrected chi connectivity index (χ2v) is 6.77. The zero-order valence-electron chi connectivity index (χ0n) is 14.6. The van der Waals surface area contributed by atoms with Crippen molar-refractivity contribution in [2.45, 2.75) is 20.3 Å². The van der Waals surface area contributed by atoms with Crippen LogP contribution >= 0.6 is 0 Å². The van der Waals surface area contributed by atoms with Crippen molar-refractivity contribution in [1.82, 2.24) is 9.55 Å². The lowest BCUT2D eigenvalue weighted by Crippen LogP contribution is -2.09. The van der Waals surface area contributed by atoms with Crippen LogP contribution in [0.5, 0.6) is 0 Å². The molecule has 0 amide bonds. The van der Waals surface area contributed by atoms with Gasteiger partial charge < -0.3 is 8.98 Å². The average Bonchev–Trinajstić information content (AvgIpc) is 3.15. The van der Waals surface area contributed by atoms with Gasteiger partial charge in [-0.3, -0.25) is 4.79 Å². The Balaban J connectivity index is 1.77. The molecule has 0 spiro atoms. The van der Waals surface area contributed by atoms with Crippen molar-refractivity contribution in [3.63, 3.8) is 0 Å². The number of benzene rings is 2. The number of Topliss-reactive ketones (excluding diaryl/α,β-unsaturated/α-hetero) is 1. The molecule has 0 saturated heterocycles. The molecule has 4 heteroatoms. The number of rotatable bonds is 4. The number of hydrogen-bond donors (Lipinski definition) is 0. The van der Waals surface area contributed by atoms with E-state index >= 15 is 0 Å². The summed E-state index contributed by atoms with van der Waals surface area (Å²) in [5.74, 6) is 0.927. The quantitative estimate of drug-likeness (QED) is 0.541. The topological polar surface area (TPSA) is 48.0 Å². The monoisotopic (exact) mass is 332 g/mol. The molecular weight excluding hydrogens is 312 g/mol. The van der Waals surface area contributed by atoms with E-state index in [4.69, 9.17) is 4.42 Å². The van der Waals surface area contributed by atoms with Gasteiger partial charge in [0.05, 0.1) is 0 Å². The minimum atomic E-state index is 0.0572. The Bertz CT molecular complexity index is 1050. The Labute approximate surface area is 146 Å². The van der Waals surface area contributed by atoms with Gasteiger partial charge >= 0.3 is 0 Å². The van der Waals surface area contributed by atoms with Gasteiger partial charge in [0.25, 0.3) is 0 Å². The van der Waals surface area contributed by atoms with Crippen molar-refractivity contribution in [2.24, 2.45) is 13.0 Å². The normalized spacial score (nSPS) is 11.7. The molecule has 4 aromatic rings.